The summed E-state index contributed by atoms with van der Waals surface area (Å²) < 4.78 is 0. The molecule has 0 spiro atoms. The number of carbonyl (C=O) groups is 4. The van der Waals surface area contributed by atoms with Crippen molar-refractivity contribution in [2.45, 2.75) is 24.9 Å². The van der Waals surface area contributed by atoms with E-state index < -0.39 is 23.9 Å². The van der Waals surface area contributed by atoms with Gasteiger partial charge in [-0.1, -0.05) is 18.2 Å². The molecule has 0 bridgehead atoms. The summed E-state index contributed by atoms with van der Waals surface area (Å²) in [6.45, 7) is 0.887. The first kappa shape index (κ1) is 16.7. The third-order valence-corrected chi connectivity index (χ3v) is 4.11. The second-order valence-corrected chi connectivity index (χ2v) is 6.01. The van der Waals surface area contributed by atoms with Gasteiger partial charge in [-0.05, 0) is 18.6 Å². The highest BCUT2D eigenvalue weighted by molar-refractivity contribution is 6.02. The highest BCUT2D eigenvalue weighted by Gasteiger charge is 2.33. The van der Waals surface area contributed by atoms with Crippen LogP contribution in [0.3, 0.4) is 0 Å². The van der Waals surface area contributed by atoms with Crippen LogP contribution in [-0.4, -0.2) is 53.9 Å². The standard InChI is InChI=1S/C16H19N5O4/c22-13-8-12(19-15(24)20-13)14(23)17-11-6-7-21(9-11)16(25)18-10-4-2-1-3-5-10/h1-5,11-12H,6-9H2,(H,17,23)(H,18,25)(H2,19,20,22,24)/t11?,12-/m0/s1. The van der Waals surface area contributed by atoms with Crippen LogP contribution in [0.15, 0.2) is 30.3 Å². The first-order valence-electron chi connectivity index (χ1n) is 8.03. The van der Waals surface area contributed by atoms with Crippen LogP contribution in [0, 0.1) is 0 Å². The lowest BCUT2D eigenvalue weighted by Crippen LogP contribution is -2.58. The van der Waals surface area contributed by atoms with Gasteiger partial charge in [-0.15, -0.1) is 0 Å². The van der Waals surface area contributed by atoms with Gasteiger partial charge < -0.3 is 20.9 Å². The maximum absolute atomic E-state index is 12.2. The third-order valence-electron chi connectivity index (χ3n) is 4.11. The molecule has 25 heavy (non-hydrogen) atoms. The molecule has 6 amide bonds. The molecule has 0 saturated carbocycles. The number of hydrogen-bond acceptors (Lipinski definition) is 4. The van der Waals surface area contributed by atoms with Gasteiger partial charge in [0, 0.05) is 24.8 Å². The van der Waals surface area contributed by atoms with Crippen LogP contribution in [-0.2, 0) is 9.59 Å². The molecule has 4 N–H and O–H groups in total. The number of imide groups is 1. The van der Waals surface area contributed by atoms with Gasteiger partial charge in [0.15, 0.2) is 0 Å². The minimum absolute atomic E-state index is 0.0947. The molecule has 2 aliphatic heterocycles. The summed E-state index contributed by atoms with van der Waals surface area (Å²) in [4.78, 5) is 48.6. The van der Waals surface area contributed by atoms with Crippen molar-refractivity contribution in [2.75, 3.05) is 18.4 Å². The van der Waals surface area contributed by atoms with E-state index in [0.717, 1.165) is 0 Å². The molecule has 9 nitrogen and oxygen atoms in total. The van der Waals surface area contributed by atoms with Gasteiger partial charge in [0.1, 0.15) is 6.04 Å². The van der Waals surface area contributed by atoms with Crippen LogP contribution in [0.1, 0.15) is 12.8 Å². The second-order valence-electron chi connectivity index (χ2n) is 6.01. The third kappa shape index (κ3) is 4.25. The van der Waals surface area contributed by atoms with Gasteiger partial charge >= 0.3 is 12.1 Å². The lowest BCUT2D eigenvalue weighted by Gasteiger charge is -2.24. The van der Waals surface area contributed by atoms with E-state index in [2.05, 4.69) is 21.3 Å². The maximum Gasteiger partial charge on any atom is 0.322 e. The van der Waals surface area contributed by atoms with E-state index in [-0.39, 0.29) is 18.5 Å². The highest BCUT2D eigenvalue weighted by atomic mass is 16.2. The maximum atomic E-state index is 12.2. The molecule has 1 aromatic rings. The predicted octanol–water partition coefficient (Wildman–Crippen LogP) is 0.00710. The number of para-hydroxylation sites is 1. The molecule has 0 aromatic heterocycles. The molecule has 2 saturated heterocycles. The average molecular weight is 345 g/mol. The first-order chi connectivity index (χ1) is 12.0. The molecule has 2 aliphatic rings. The first-order valence-corrected chi connectivity index (χ1v) is 8.03. The number of carbonyl (C=O) groups excluding carboxylic acids is 4. The van der Waals surface area contributed by atoms with E-state index in [1.54, 1.807) is 17.0 Å². The summed E-state index contributed by atoms with van der Waals surface area (Å²) >= 11 is 0. The smallest absolute Gasteiger partial charge is 0.322 e. The Balaban J connectivity index is 1.49. The number of urea groups is 2. The fourth-order valence-corrected chi connectivity index (χ4v) is 2.86. The number of nitrogens with zero attached hydrogens (tertiary/aromatic N) is 1. The lowest BCUT2D eigenvalue weighted by atomic mass is 10.1. The molecule has 0 radical (unpaired) electrons. The lowest BCUT2D eigenvalue weighted by molar-refractivity contribution is -0.129. The fourth-order valence-electron chi connectivity index (χ4n) is 2.86. The van der Waals surface area contributed by atoms with Gasteiger partial charge in [0.05, 0.1) is 6.42 Å². The molecule has 2 heterocycles. The molecular formula is C16H19N5O4. The van der Waals surface area contributed by atoms with Gasteiger partial charge in [-0.25, -0.2) is 9.59 Å². The SMILES string of the molecule is O=C1C[C@@H](C(=O)NC2CCN(C(=O)Nc3ccccc3)C2)NC(=O)N1. The molecule has 132 valence electrons. The monoisotopic (exact) mass is 345 g/mol. The summed E-state index contributed by atoms with van der Waals surface area (Å²) in [5.74, 6) is -0.905. The zero-order chi connectivity index (χ0) is 17.8. The van der Waals surface area contributed by atoms with E-state index in [1.165, 1.54) is 0 Å². The van der Waals surface area contributed by atoms with E-state index in [9.17, 15) is 19.2 Å². The average Bonchev–Trinajstić information content (AvgIpc) is 3.03. The van der Waals surface area contributed by atoms with Crippen LogP contribution in [0.4, 0.5) is 15.3 Å². The van der Waals surface area contributed by atoms with E-state index in [4.69, 9.17) is 0 Å². The number of nitrogens with one attached hydrogen (secondary N) is 4. The fraction of sp³-hybridized carbons (Fsp3) is 0.375. The van der Waals surface area contributed by atoms with Crippen molar-refractivity contribution < 1.29 is 19.2 Å². The zero-order valence-corrected chi connectivity index (χ0v) is 13.5. The molecule has 3 rings (SSSR count). The van der Waals surface area contributed by atoms with Gasteiger partial charge in [0.25, 0.3) is 0 Å². The van der Waals surface area contributed by atoms with E-state index in [0.29, 0.717) is 25.2 Å². The number of benzene rings is 1. The van der Waals surface area contributed by atoms with Gasteiger partial charge in [-0.2, -0.15) is 0 Å². The summed E-state index contributed by atoms with van der Waals surface area (Å²) in [6.07, 6.45) is 0.517. The van der Waals surface area contributed by atoms with Crippen molar-refractivity contribution in [1.29, 1.82) is 0 Å². The van der Waals surface area contributed by atoms with Crippen molar-refractivity contribution in [3.05, 3.63) is 30.3 Å². The van der Waals surface area contributed by atoms with Crippen molar-refractivity contribution in [1.82, 2.24) is 20.9 Å². The summed E-state index contributed by atoms with van der Waals surface area (Å²) in [7, 11) is 0. The quantitative estimate of drug-likeness (QED) is 0.617. The van der Waals surface area contributed by atoms with Crippen LogP contribution >= 0.6 is 0 Å². The Labute approximate surface area is 144 Å². The number of likely N-dealkylation sites (tertiary alicyclic amines) is 1. The molecule has 1 unspecified atom stereocenters. The summed E-state index contributed by atoms with van der Waals surface area (Å²) in [5, 5.41) is 10.1. The molecule has 2 fully saturated rings. The largest absolute Gasteiger partial charge is 0.350 e. The van der Waals surface area contributed by atoms with Crippen molar-refractivity contribution in [3.63, 3.8) is 0 Å². The van der Waals surface area contributed by atoms with E-state index >= 15 is 0 Å². The highest BCUT2D eigenvalue weighted by Crippen LogP contribution is 2.13. The molecule has 2 atom stereocenters. The van der Waals surface area contributed by atoms with Crippen LogP contribution in [0.2, 0.25) is 0 Å². The molecule has 1 aromatic carbocycles. The minimum atomic E-state index is -0.881. The van der Waals surface area contributed by atoms with Crippen LogP contribution in [0.25, 0.3) is 0 Å². The zero-order valence-electron chi connectivity index (χ0n) is 13.5. The summed E-state index contributed by atoms with van der Waals surface area (Å²) in [6, 6.07) is 7.12. The van der Waals surface area contributed by atoms with Crippen LogP contribution in [0.5, 0.6) is 0 Å². The van der Waals surface area contributed by atoms with Crippen LogP contribution < -0.4 is 21.3 Å². The molecule has 0 aliphatic carbocycles. The normalized spacial score (nSPS) is 22.8. The number of amides is 6. The number of hydrogen-bond donors (Lipinski definition) is 4. The Bertz CT molecular complexity index is 677. The Hall–Kier alpha value is -3.10. The second kappa shape index (κ2) is 7.20. The van der Waals surface area contributed by atoms with Crippen molar-refractivity contribution in [3.8, 4) is 0 Å². The predicted molar refractivity (Wildman–Crippen MR) is 88.7 cm³/mol. The molecular weight excluding hydrogens is 326 g/mol. The van der Waals surface area contributed by atoms with Crippen molar-refractivity contribution >= 4 is 29.6 Å². The number of rotatable bonds is 3. The van der Waals surface area contributed by atoms with Crippen molar-refractivity contribution in [2.24, 2.45) is 0 Å². The molecule has 9 heteroatoms. The topological polar surface area (TPSA) is 120 Å². The minimum Gasteiger partial charge on any atom is -0.350 e. The Morgan fingerprint density at radius 2 is 1.92 bits per heavy atom. The number of anilines is 1. The van der Waals surface area contributed by atoms with Gasteiger partial charge in [-0.3, -0.25) is 14.9 Å². The Kier molecular flexibility index (Phi) is 4.82. The van der Waals surface area contributed by atoms with Gasteiger partial charge in [0.2, 0.25) is 11.8 Å². The Morgan fingerprint density at radius 1 is 1.16 bits per heavy atom. The Morgan fingerprint density at radius 3 is 2.64 bits per heavy atom. The summed E-state index contributed by atoms with van der Waals surface area (Å²) in [5.41, 5.74) is 0.705. The van der Waals surface area contributed by atoms with E-state index in [1.807, 2.05) is 18.2 Å².